The van der Waals surface area contributed by atoms with Crippen molar-refractivity contribution < 1.29 is 9.63 Å². The lowest BCUT2D eigenvalue weighted by atomic mass is 10.2. The highest BCUT2D eigenvalue weighted by Crippen LogP contribution is 2.22. The van der Waals surface area contributed by atoms with Crippen LogP contribution in [0.2, 0.25) is 0 Å². The topological polar surface area (TPSA) is 54.3 Å². The van der Waals surface area contributed by atoms with Crippen LogP contribution < -0.4 is 5.06 Å². The van der Waals surface area contributed by atoms with Gasteiger partial charge in [-0.3, -0.25) is 4.79 Å². The fraction of sp³-hybridized carbons (Fsp3) is 0.188. The molecule has 0 radical (unpaired) electrons. The van der Waals surface area contributed by atoms with Crippen molar-refractivity contribution in [3.8, 4) is 0 Å². The Morgan fingerprint density at radius 3 is 1.90 bits per heavy atom. The lowest BCUT2D eigenvalue weighted by molar-refractivity contribution is -0.141. The smallest absolute Gasteiger partial charge is 0.329 e. The fourth-order valence-electron chi connectivity index (χ4n) is 1.70. The Hall–Kier alpha value is -2.69. The first-order valence-corrected chi connectivity index (χ1v) is 6.55. The second-order valence-corrected chi connectivity index (χ2v) is 4.63. The molecule has 5 nitrogen and oxygen atoms in total. The van der Waals surface area contributed by atoms with E-state index in [1.165, 1.54) is 17.6 Å². The van der Waals surface area contributed by atoms with Crippen LogP contribution >= 0.6 is 0 Å². The van der Waals surface area contributed by atoms with E-state index in [0.29, 0.717) is 0 Å². The van der Waals surface area contributed by atoms with E-state index in [4.69, 9.17) is 4.84 Å². The summed E-state index contributed by atoms with van der Waals surface area (Å²) in [5, 5.41) is 9.74. The molecule has 21 heavy (non-hydrogen) atoms. The van der Waals surface area contributed by atoms with Crippen molar-refractivity contribution in [2.45, 2.75) is 13.8 Å². The highest BCUT2D eigenvalue weighted by atomic mass is 16.7. The number of nitrogens with zero attached hydrogens (tertiary/aromatic N) is 3. The number of azo groups is 1. The average Bonchev–Trinajstić information content (AvgIpc) is 2.46. The predicted octanol–water partition coefficient (Wildman–Crippen LogP) is 4.32. The third kappa shape index (κ3) is 4.42. The van der Waals surface area contributed by atoms with Crippen LogP contribution in [0.1, 0.15) is 12.5 Å². The summed E-state index contributed by atoms with van der Waals surface area (Å²) >= 11 is 0. The van der Waals surface area contributed by atoms with Gasteiger partial charge in [-0.1, -0.05) is 17.7 Å². The number of hydrogen-bond donors (Lipinski definition) is 0. The van der Waals surface area contributed by atoms with E-state index >= 15 is 0 Å². The van der Waals surface area contributed by atoms with Gasteiger partial charge in [-0.25, -0.2) is 5.06 Å². The maximum atomic E-state index is 10.9. The molecule has 108 valence electrons. The van der Waals surface area contributed by atoms with Gasteiger partial charge in [-0.05, 0) is 43.3 Å². The summed E-state index contributed by atoms with van der Waals surface area (Å²) in [6.45, 7) is 3.39. The summed E-state index contributed by atoms with van der Waals surface area (Å²) in [4.78, 5) is 15.8. The Kier molecular flexibility index (Phi) is 4.66. The molecule has 0 fully saturated rings. The molecule has 0 aromatic heterocycles. The van der Waals surface area contributed by atoms with Crippen molar-refractivity contribution in [3.05, 3.63) is 54.1 Å². The van der Waals surface area contributed by atoms with E-state index in [9.17, 15) is 4.79 Å². The molecule has 0 aliphatic carbocycles. The highest BCUT2D eigenvalue weighted by molar-refractivity contribution is 5.67. The van der Waals surface area contributed by atoms with Crippen LogP contribution in [0.25, 0.3) is 0 Å². The van der Waals surface area contributed by atoms with E-state index in [0.717, 1.165) is 17.1 Å². The molecule has 0 saturated heterocycles. The number of carbonyl (C=O) groups excluding carboxylic acids is 1. The Morgan fingerprint density at radius 2 is 1.43 bits per heavy atom. The first-order chi connectivity index (χ1) is 10.0. The molecular weight excluding hydrogens is 266 g/mol. The molecular formula is C16H17N3O2. The Balaban J connectivity index is 2.05. The third-order valence-electron chi connectivity index (χ3n) is 2.79. The SMILES string of the molecule is CC(=O)ON(C)c1ccc(N=Nc2ccc(C)cc2)cc1. The third-order valence-corrected chi connectivity index (χ3v) is 2.79. The largest absolute Gasteiger partial charge is 0.341 e. The summed E-state index contributed by atoms with van der Waals surface area (Å²) < 4.78 is 0. The summed E-state index contributed by atoms with van der Waals surface area (Å²) in [7, 11) is 1.67. The second-order valence-electron chi connectivity index (χ2n) is 4.63. The first kappa shape index (κ1) is 14.7. The summed E-state index contributed by atoms with van der Waals surface area (Å²) in [5.41, 5.74) is 3.49. The van der Waals surface area contributed by atoms with Gasteiger partial charge in [0.1, 0.15) is 0 Å². The lowest BCUT2D eigenvalue weighted by Gasteiger charge is -2.16. The van der Waals surface area contributed by atoms with Crippen LogP contribution in [-0.4, -0.2) is 13.0 Å². The lowest BCUT2D eigenvalue weighted by Crippen LogP contribution is -2.20. The van der Waals surface area contributed by atoms with Crippen LogP contribution in [-0.2, 0) is 9.63 Å². The van der Waals surface area contributed by atoms with Crippen molar-refractivity contribution in [3.63, 3.8) is 0 Å². The molecule has 5 heteroatoms. The monoisotopic (exact) mass is 283 g/mol. The molecule has 2 aromatic carbocycles. The number of rotatable bonds is 4. The van der Waals surface area contributed by atoms with E-state index in [2.05, 4.69) is 10.2 Å². The highest BCUT2D eigenvalue weighted by Gasteiger charge is 2.03. The minimum atomic E-state index is -0.361. The van der Waals surface area contributed by atoms with Crippen molar-refractivity contribution in [1.82, 2.24) is 0 Å². The fourth-order valence-corrected chi connectivity index (χ4v) is 1.70. The number of hydroxylamine groups is 1. The van der Waals surface area contributed by atoms with Gasteiger partial charge >= 0.3 is 5.97 Å². The quantitative estimate of drug-likeness (QED) is 0.620. The van der Waals surface area contributed by atoms with Gasteiger partial charge in [0, 0.05) is 14.0 Å². The van der Waals surface area contributed by atoms with Crippen LogP contribution in [0.3, 0.4) is 0 Å². The van der Waals surface area contributed by atoms with Gasteiger partial charge in [-0.15, -0.1) is 0 Å². The molecule has 0 saturated carbocycles. The zero-order valence-corrected chi connectivity index (χ0v) is 12.3. The molecule has 2 rings (SSSR count). The first-order valence-electron chi connectivity index (χ1n) is 6.55. The number of carbonyl (C=O) groups is 1. The summed E-state index contributed by atoms with van der Waals surface area (Å²) in [6.07, 6.45) is 0. The van der Waals surface area contributed by atoms with Gasteiger partial charge in [0.25, 0.3) is 0 Å². The Labute approximate surface area is 123 Å². The van der Waals surface area contributed by atoms with Crippen molar-refractivity contribution >= 4 is 23.0 Å². The van der Waals surface area contributed by atoms with E-state index < -0.39 is 0 Å². The molecule has 0 atom stereocenters. The molecule has 0 aliphatic heterocycles. The second kappa shape index (κ2) is 6.65. The molecule has 0 N–H and O–H groups in total. The number of benzene rings is 2. The molecule has 2 aromatic rings. The average molecular weight is 283 g/mol. The zero-order chi connectivity index (χ0) is 15.2. The number of anilines is 1. The van der Waals surface area contributed by atoms with E-state index in [1.807, 2.05) is 55.5 Å². The molecule has 0 aliphatic rings. The van der Waals surface area contributed by atoms with Crippen LogP contribution in [0, 0.1) is 6.92 Å². The van der Waals surface area contributed by atoms with Gasteiger partial charge in [0.15, 0.2) is 0 Å². The van der Waals surface area contributed by atoms with Gasteiger partial charge in [-0.2, -0.15) is 10.2 Å². The minimum absolute atomic E-state index is 0.361. The standard InChI is InChI=1S/C16H17N3O2/c1-12-4-6-14(7-5-12)17-18-15-8-10-16(11-9-15)19(3)21-13(2)20/h4-11H,1-3H3. The predicted molar refractivity (Wildman–Crippen MR) is 82.0 cm³/mol. The zero-order valence-electron chi connectivity index (χ0n) is 12.3. The van der Waals surface area contributed by atoms with E-state index in [-0.39, 0.29) is 5.97 Å². The van der Waals surface area contributed by atoms with Crippen molar-refractivity contribution in [2.24, 2.45) is 10.2 Å². The normalized spacial score (nSPS) is 10.6. The van der Waals surface area contributed by atoms with Crippen LogP contribution in [0.15, 0.2) is 58.8 Å². The van der Waals surface area contributed by atoms with Gasteiger partial charge in [0.05, 0.1) is 17.1 Å². The Bertz CT molecular complexity index is 634. The molecule has 0 unspecified atom stereocenters. The molecule has 0 spiro atoms. The van der Waals surface area contributed by atoms with Crippen molar-refractivity contribution in [1.29, 1.82) is 0 Å². The summed E-state index contributed by atoms with van der Waals surface area (Å²) in [6, 6.07) is 15.1. The van der Waals surface area contributed by atoms with Crippen LogP contribution in [0.5, 0.6) is 0 Å². The maximum absolute atomic E-state index is 10.9. The minimum Gasteiger partial charge on any atom is -0.341 e. The summed E-state index contributed by atoms with van der Waals surface area (Å²) in [5.74, 6) is -0.361. The van der Waals surface area contributed by atoms with E-state index in [1.54, 1.807) is 7.05 Å². The molecule has 0 bridgehead atoms. The number of aryl methyl sites for hydroxylation is 1. The molecule has 0 heterocycles. The van der Waals surface area contributed by atoms with Crippen molar-refractivity contribution in [2.75, 3.05) is 12.1 Å². The number of hydrogen-bond acceptors (Lipinski definition) is 5. The Morgan fingerprint density at radius 1 is 0.952 bits per heavy atom. The maximum Gasteiger partial charge on any atom is 0.329 e. The molecule has 0 amide bonds. The van der Waals surface area contributed by atoms with Gasteiger partial charge in [0.2, 0.25) is 0 Å². The van der Waals surface area contributed by atoms with Crippen LogP contribution in [0.4, 0.5) is 17.1 Å². The van der Waals surface area contributed by atoms with Gasteiger partial charge < -0.3 is 4.84 Å².